The minimum atomic E-state index is 0.531. The molecule has 18 heavy (non-hydrogen) atoms. The van der Waals surface area contributed by atoms with E-state index in [2.05, 4.69) is 74.5 Å². The second-order valence-corrected chi connectivity index (χ2v) is 5.32. The zero-order chi connectivity index (χ0) is 12.5. The van der Waals surface area contributed by atoms with E-state index in [-0.39, 0.29) is 0 Å². The smallest absolute Gasteiger partial charge is 0.0124 e. The molecule has 0 heterocycles. The van der Waals surface area contributed by atoms with Gasteiger partial charge in [-0.05, 0) is 28.2 Å². The van der Waals surface area contributed by atoms with Crippen molar-refractivity contribution in [2.75, 3.05) is 0 Å². The molecule has 0 N–H and O–H groups in total. The van der Waals surface area contributed by atoms with Crippen LogP contribution >= 0.6 is 0 Å². The fourth-order valence-corrected chi connectivity index (χ4v) is 2.96. The van der Waals surface area contributed by atoms with Crippen LogP contribution in [0.2, 0.25) is 0 Å². The molecule has 1 atom stereocenters. The van der Waals surface area contributed by atoms with E-state index in [1.54, 1.807) is 0 Å². The normalized spacial score (nSPS) is 17.7. The van der Waals surface area contributed by atoms with E-state index in [1.807, 2.05) is 0 Å². The largest absolute Gasteiger partial charge is 0.0622 e. The van der Waals surface area contributed by atoms with Crippen molar-refractivity contribution >= 4 is 11.6 Å². The monoisotopic (exact) mass is 234 g/mol. The molecule has 0 saturated carbocycles. The van der Waals surface area contributed by atoms with Gasteiger partial charge in [0.05, 0.1) is 0 Å². The average Bonchev–Trinajstić information content (AvgIpc) is 2.79. The molecule has 1 unspecified atom stereocenters. The van der Waals surface area contributed by atoms with Crippen LogP contribution in [0.1, 0.15) is 36.5 Å². The molecule has 0 spiro atoms. The Balaban J connectivity index is 2.12. The van der Waals surface area contributed by atoms with E-state index in [9.17, 15) is 0 Å². The maximum atomic E-state index is 2.36. The lowest BCUT2D eigenvalue weighted by Crippen LogP contribution is -2.06. The summed E-state index contributed by atoms with van der Waals surface area (Å²) < 4.78 is 0. The lowest BCUT2D eigenvalue weighted by molar-refractivity contribution is 0.595. The van der Waals surface area contributed by atoms with Gasteiger partial charge in [-0.15, -0.1) is 0 Å². The third kappa shape index (κ3) is 1.78. The highest BCUT2D eigenvalue weighted by atomic mass is 14.3. The van der Waals surface area contributed by atoms with Gasteiger partial charge in [0.1, 0.15) is 0 Å². The third-order valence-corrected chi connectivity index (χ3v) is 3.75. The summed E-state index contributed by atoms with van der Waals surface area (Å²) in [7, 11) is 0. The molecular weight excluding hydrogens is 216 g/mol. The predicted octanol–water partition coefficient (Wildman–Crippen LogP) is 4.98. The first kappa shape index (κ1) is 11.3. The van der Waals surface area contributed by atoms with Gasteiger partial charge in [0.15, 0.2) is 0 Å². The van der Waals surface area contributed by atoms with Gasteiger partial charge >= 0.3 is 0 Å². The van der Waals surface area contributed by atoms with E-state index < -0.39 is 0 Å². The molecule has 2 aromatic rings. The summed E-state index contributed by atoms with van der Waals surface area (Å²) in [6.45, 7) is 4.62. The molecule has 0 amide bonds. The molecule has 0 nitrogen and oxygen atoms in total. The highest BCUT2D eigenvalue weighted by molar-refractivity contribution is 5.91. The highest BCUT2D eigenvalue weighted by Crippen LogP contribution is 2.45. The number of hydrogen-bond donors (Lipinski definition) is 0. The highest BCUT2D eigenvalue weighted by Gasteiger charge is 2.27. The van der Waals surface area contributed by atoms with Crippen LogP contribution in [0.15, 0.2) is 54.6 Å². The van der Waals surface area contributed by atoms with Gasteiger partial charge in [-0.3, -0.25) is 0 Å². The Labute approximate surface area is 109 Å². The Morgan fingerprint density at radius 3 is 2.22 bits per heavy atom. The second-order valence-electron chi connectivity index (χ2n) is 5.32. The van der Waals surface area contributed by atoms with E-state index in [0.29, 0.717) is 11.8 Å². The Morgan fingerprint density at radius 2 is 1.50 bits per heavy atom. The summed E-state index contributed by atoms with van der Waals surface area (Å²) >= 11 is 0. The van der Waals surface area contributed by atoms with E-state index in [0.717, 1.165) is 0 Å². The van der Waals surface area contributed by atoms with Crippen molar-refractivity contribution in [3.05, 3.63) is 71.3 Å². The number of rotatable bonds is 2. The molecule has 0 fully saturated rings. The van der Waals surface area contributed by atoms with Crippen LogP contribution < -0.4 is 0 Å². The number of hydrogen-bond acceptors (Lipinski definition) is 0. The lowest BCUT2D eigenvalue weighted by Gasteiger charge is -2.21. The van der Waals surface area contributed by atoms with Gasteiger partial charge in [-0.1, -0.05) is 74.5 Å². The zero-order valence-electron chi connectivity index (χ0n) is 10.9. The molecule has 3 rings (SSSR count). The van der Waals surface area contributed by atoms with Gasteiger partial charge in [-0.25, -0.2) is 0 Å². The van der Waals surface area contributed by atoms with Crippen LogP contribution in [0.5, 0.6) is 0 Å². The molecule has 1 aliphatic carbocycles. The third-order valence-electron chi connectivity index (χ3n) is 3.75. The molecule has 0 aromatic heterocycles. The molecule has 90 valence electrons. The van der Waals surface area contributed by atoms with Crippen LogP contribution in [0, 0.1) is 5.92 Å². The topological polar surface area (TPSA) is 0 Å². The zero-order valence-corrected chi connectivity index (χ0v) is 10.9. The van der Waals surface area contributed by atoms with Gasteiger partial charge in [-0.2, -0.15) is 0 Å². The first-order valence-electron chi connectivity index (χ1n) is 6.63. The van der Waals surface area contributed by atoms with Crippen molar-refractivity contribution < 1.29 is 0 Å². The molecule has 2 aromatic carbocycles. The minimum Gasteiger partial charge on any atom is -0.0622 e. The fraction of sp³-hybridized carbons (Fsp3) is 0.222. The molecule has 0 radical (unpaired) electrons. The van der Waals surface area contributed by atoms with E-state index >= 15 is 0 Å². The van der Waals surface area contributed by atoms with Gasteiger partial charge in [0.25, 0.3) is 0 Å². The summed E-state index contributed by atoms with van der Waals surface area (Å²) in [5.41, 5.74) is 5.68. The summed E-state index contributed by atoms with van der Waals surface area (Å²) in [6, 6.07) is 19.5. The van der Waals surface area contributed by atoms with Crippen molar-refractivity contribution in [2.45, 2.75) is 19.8 Å². The van der Waals surface area contributed by atoms with Crippen LogP contribution in [0.3, 0.4) is 0 Å². The Kier molecular flexibility index (Phi) is 2.79. The minimum absolute atomic E-state index is 0.531. The second kappa shape index (κ2) is 4.45. The van der Waals surface area contributed by atoms with Crippen molar-refractivity contribution in [3.8, 4) is 0 Å². The van der Waals surface area contributed by atoms with Crippen LogP contribution in [0.4, 0.5) is 0 Å². The Morgan fingerprint density at radius 1 is 0.833 bits per heavy atom. The molecule has 0 heteroatoms. The van der Waals surface area contributed by atoms with Crippen LogP contribution in [0.25, 0.3) is 11.6 Å². The molecule has 0 aliphatic heterocycles. The summed E-state index contributed by atoms with van der Waals surface area (Å²) in [5, 5.41) is 0. The van der Waals surface area contributed by atoms with Crippen molar-refractivity contribution in [1.82, 2.24) is 0 Å². The number of allylic oxidation sites excluding steroid dienone is 1. The quantitative estimate of drug-likeness (QED) is 0.687. The Hall–Kier alpha value is -1.82. The van der Waals surface area contributed by atoms with E-state index in [4.69, 9.17) is 0 Å². The van der Waals surface area contributed by atoms with Gasteiger partial charge < -0.3 is 0 Å². The van der Waals surface area contributed by atoms with Crippen LogP contribution in [-0.2, 0) is 0 Å². The number of benzene rings is 2. The predicted molar refractivity (Wildman–Crippen MR) is 78.3 cm³/mol. The molecule has 0 bridgehead atoms. The molecular formula is C18H18. The average molecular weight is 234 g/mol. The summed E-state index contributed by atoms with van der Waals surface area (Å²) in [5.74, 6) is 1.16. The standard InChI is InChI=1S/C18H18/c1-13(2)18-16-11-7-6-10-15(16)12-17(18)14-8-4-3-5-9-14/h3-13,18H,1-2H3. The number of fused-ring (bicyclic) bond motifs is 1. The molecule has 0 saturated heterocycles. The SMILES string of the molecule is CC(C)C1C(c2ccccc2)=Cc2ccccc21. The summed E-state index contributed by atoms with van der Waals surface area (Å²) in [4.78, 5) is 0. The maximum Gasteiger partial charge on any atom is 0.0124 e. The summed E-state index contributed by atoms with van der Waals surface area (Å²) in [6.07, 6.45) is 2.36. The van der Waals surface area contributed by atoms with Gasteiger partial charge in [0, 0.05) is 5.92 Å². The van der Waals surface area contributed by atoms with E-state index in [1.165, 1.54) is 22.3 Å². The van der Waals surface area contributed by atoms with Crippen molar-refractivity contribution in [3.63, 3.8) is 0 Å². The van der Waals surface area contributed by atoms with Crippen molar-refractivity contribution in [2.24, 2.45) is 5.92 Å². The van der Waals surface area contributed by atoms with Gasteiger partial charge in [0.2, 0.25) is 0 Å². The van der Waals surface area contributed by atoms with Crippen LogP contribution in [-0.4, -0.2) is 0 Å². The first-order chi connectivity index (χ1) is 8.77. The molecule has 1 aliphatic rings. The maximum absolute atomic E-state index is 2.36. The lowest BCUT2D eigenvalue weighted by atomic mass is 9.83. The first-order valence-corrected chi connectivity index (χ1v) is 6.63. The van der Waals surface area contributed by atoms with Crippen molar-refractivity contribution in [1.29, 1.82) is 0 Å². The fourth-order valence-electron chi connectivity index (χ4n) is 2.96. The Bertz CT molecular complexity index is 576.